The molecule has 0 radical (unpaired) electrons. The average molecular weight is 368 g/mol. The highest BCUT2D eigenvalue weighted by Crippen LogP contribution is 2.32. The Labute approximate surface area is 159 Å². The highest BCUT2D eigenvalue weighted by atomic mass is 16.7. The molecule has 0 fully saturated rings. The summed E-state index contributed by atoms with van der Waals surface area (Å²) in [5, 5.41) is 2.89. The molecule has 1 aliphatic heterocycles. The molecule has 142 valence electrons. The lowest BCUT2D eigenvalue weighted by Crippen LogP contribution is -2.37. The molecule has 6 nitrogen and oxygen atoms in total. The van der Waals surface area contributed by atoms with Gasteiger partial charge in [0.25, 0.3) is 0 Å². The van der Waals surface area contributed by atoms with Gasteiger partial charge in [-0.1, -0.05) is 35.9 Å². The van der Waals surface area contributed by atoms with Crippen molar-refractivity contribution in [1.82, 2.24) is 10.2 Å². The van der Waals surface area contributed by atoms with Crippen LogP contribution in [0.25, 0.3) is 0 Å². The van der Waals surface area contributed by atoms with Crippen LogP contribution in [0.3, 0.4) is 0 Å². The number of rotatable bonds is 7. The van der Waals surface area contributed by atoms with Crippen molar-refractivity contribution in [2.24, 2.45) is 0 Å². The first-order valence-electron chi connectivity index (χ1n) is 8.97. The van der Waals surface area contributed by atoms with E-state index in [1.165, 1.54) is 6.92 Å². The molecule has 2 aromatic carbocycles. The van der Waals surface area contributed by atoms with Crippen LogP contribution in [0.5, 0.6) is 11.5 Å². The standard InChI is InChI=1S/C21H24N2O4/c1-15-4-3-5-17(10-15)12-21(25)22-8-9-23(16(2)24)13-18-6-7-19-20(11-18)27-14-26-19/h3-7,10-11H,8-9,12-14H2,1-2H3,(H,22,25). The van der Waals surface area contributed by atoms with E-state index in [9.17, 15) is 9.59 Å². The highest BCUT2D eigenvalue weighted by Gasteiger charge is 2.16. The third kappa shape index (κ3) is 5.23. The number of carbonyl (C=O) groups excluding carboxylic acids is 2. The number of benzene rings is 2. The number of hydrogen-bond acceptors (Lipinski definition) is 4. The van der Waals surface area contributed by atoms with Crippen LogP contribution in [0.15, 0.2) is 42.5 Å². The molecule has 2 amide bonds. The van der Waals surface area contributed by atoms with E-state index in [-0.39, 0.29) is 18.6 Å². The number of nitrogens with zero attached hydrogens (tertiary/aromatic N) is 1. The van der Waals surface area contributed by atoms with E-state index in [1.807, 2.05) is 49.4 Å². The van der Waals surface area contributed by atoms with Gasteiger partial charge in [-0.15, -0.1) is 0 Å². The Morgan fingerprint density at radius 3 is 2.67 bits per heavy atom. The number of amides is 2. The molecule has 1 aliphatic rings. The largest absolute Gasteiger partial charge is 0.454 e. The predicted molar refractivity (Wildman–Crippen MR) is 102 cm³/mol. The van der Waals surface area contributed by atoms with Crippen molar-refractivity contribution < 1.29 is 19.1 Å². The molecular formula is C21H24N2O4. The molecule has 27 heavy (non-hydrogen) atoms. The van der Waals surface area contributed by atoms with E-state index in [2.05, 4.69) is 5.32 Å². The lowest BCUT2D eigenvalue weighted by molar-refractivity contribution is -0.130. The van der Waals surface area contributed by atoms with Crippen LogP contribution in [-0.4, -0.2) is 36.6 Å². The van der Waals surface area contributed by atoms with Crippen LogP contribution < -0.4 is 14.8 Å². The summed E-state index contributed by atoms with van der Waals surface area (Å²) in [6, 6.07) is 13.5. The summed E-state index contributed by atoms with van der Waals surface area (Å²) in [6.45, 7) is 5.07. The number of hydrogen-bond donors (Lipinski definition) is 1. The second-order valence-electron chi connectivity index (χ2n) is 6.64. The molecule has 0 bridgehead atoms. The maximum absolute atomic E-state index is 12.1. The third-order valence-corrected chi connectivity index (χ3v) is 4.41. The normalized spacial score (nSPS) is 11.9. The summed E-state index contributed by atoms with van der Waals surface area (Å²) in [5.74, 6) is 1.33. The second-order valence-corrected chi connectivity index (χ2v) is 6.64. The highest BCUT2D eigenvalue weighted by molar-refractivity contribution is 5.78. The Kier molecular flexibility index (Phi) is 5.96. The Bertz CT molecular complexity index is 835. The number of ether oxygens (including phenoxy) is 2. The van der Waals surface area contributed by atoms with Gasteiger partial charge in [-0.2, -0.15) is 0 Å². The van der Waals surface area contributed by atoms with Crippen LogP contribution in [0.1, 0.15) is 23.6 Å². The van der Waals surface area contributed by atoms with Gasteiger partial charge in [0.1, 0.15) is 0 Å². The molecule has 0 aromatic heterocycles. The molecule has 2 aromatic rings. The smallest absolute Gasteiger partial charge is 0.231 e. The lowest BCUT2D eigenvalue weighted by Gasteiger charge is -2.21. The minimum absolute atomic E-state index is 0.0411. The maximum Gasteiger partial charge on any atom is 0.231 e. The fourth-order valence-corrected chi connectivity index (χ4v) is 3.01. The van der Waals surface area contributed by atoms with E-state index >= 15 is 0 Å². The van der Waals surface area contributed by atoms with Crippen LogP contribution in [0.4, 0.5) is 0 Å². The molecule has 6 heteroatoms. The van der Waals surface area contributed by atoms with Crippen molar-refractivity contribution in [1.29, 1.82) is 0 Å². The molecule has 0 unspecified atom stereocenters. The van der Waals surface area contributed by atoms with Crippen molar-refractivity contribution in [2.75, 3.05) is 19.9 Å². The number of fused-ring (bicyclic) bond motifs is 1. The van der Waals surface area contributed by atoms with Crippen LogP contribution in [-0.2, 0) is 22.6 Å². The van der Waals surface area contributed by atoms with E-state index < -0.39 is 0 Å². The van der Waals surface area contributed by atoms with Gasteiger partial charge in [0.05, 0.1) is 6.42 Å². The summed E-state index contributed by atoms with van der Waals surface area (Å²) in [5.41, 5.74) is 3.07. The summed E-state index contributed by atoms with van der Waals surface area (Å²) < 4.78 is 10.7. The van der Waals surface area contributed by atoms with Crippen molar-refractivity contribution in [3.8, 4) is 11.5 Å². The summed E-state index contributed by atoms with van der Waals surface area (Å²) in [6.07, 6.45) is 0.337. The van der Waals surface area contributed by atoms with E-state index in [0.29, 0.717) is 31.8 Å². The SMILES string of the molecule is CC(=O)N(CCNC(=O)Cc1cccc(C)c1)Cc1ccc2c(c1)OCO2. The Hall–Kier alpha value is -3.02. The first-order valence-corrected chi connectivity index (χ1v) is 8.97. The molecular weight excluding hydrogens is 344 g/mol. The zero-order chi connectivity index (χ0) is 19.2. The van der Waals surface area contributed by atoms with Crippen molar-refractivity contribution in [2.45, 2.75) is 26.8 Å². The van der Waals surface area contributed by atoms with Crippen molar-refractivity contribution >= 4 is 11.8 Å². The van der Waals surface area contributed by atoms with Crippen molar-refractivity contribution in [3.63, 3.8) is 0 Å². The lowest BCUT2D eigenvalue weighted by atomic mass is 10.1. The maximum atomic E-state index is 12.1. The molecule has 3 rings (SSSR count). The third-order valence-electron chi connectivity index (χ3n) is 4.41. The van der Waals surface area contributed by atoms with E-state index in [4.69, 9.17) is 9.47 Å². The van der Waals surface area contributed by atoms with E-state index in [1.54, 1.807) is 4.90 Å². The number of carbonyl (C=O) groups is 2. The molecule has 0 aliphatic carbocycles. The molecule has 1 heterocycles. The summed E-state index contributed by atoms with van der Waals surface area (Å²) in [4.78, 5) is 25.8. The van der Waals surface area contributed by atoms with Gasteiger partial charge in [-0.3, -0.25) is 9.59 Å². The number of nitrogens with one attached hydrogen (secondary N) is 1. The predicted octanol–water partition coefficient (Wildman–Crippen LogP) is 2.43. The minimum atomic E-state index is -0.0489. The van der Waals surface area contributed by atoms with Gasteiger partial charge < -0.3 is 19.7 Å². The van der Waals surface area contributed by atoms with Gasteiger partial charge in [-0.25, -0.2) is 0 Å². The van der Waals surface area contributed by atoms with Gasteiger partial charge >= 0.3 is 0 Å². The Morgan fingerprint density at radius 1 is 1.07 bits per heavy atom. The average Bonchev–Trinajstić information content (AvgIpc) is 3.08. The van der Waals surface area contributed by atoms with Gasteiger partial charge in [-0.05, 0) is 30.2 Å². The quantitative estimate of drug-likeness (QED) is 0.815. The zero-order valence-corrected chi connectivity index (χ0v) is 15.7. The van der Waals surface area contributed by atoms with Gasteiger partial charge in [0.15, 0.2) is 11.5 Å². The van der Waals surface area contributed by atoms with Crippen LogP contribution in [0, 0.1) is 6.92 Å². The molecule has 0 saturated heterocycles. The molecule has 0 spiro atoms. The zero-order valence-electron chi connectivity index (χ0n) is 15.7. The van der Waals surface area contributed by atoms with Crippen LogP contribution in [0.2, 0.25) is 0 Å². The monoisotopic (exact) mass is 368 g/mol. The molecule has 1 N–H and O–H groups in total. The number of aryl methyl sites for hydroxylation is 1. The van der Waals surface area contributed by atoms with Crippen LogP contribution >= 0.6 is 0 Å². The fourth-order valence-electron chi connectivity index (χ4n) is 3.01. The summed E-state index contributed by atoms with van der Waals surface area (Å²) >= 11 is 0. The first-order chi connectivity index (χ1) is 13.0. The minimum Gasteiger partial charge on any atom is -0.454 e. The van der Waals surface area contributed by atoms with Crippen molar-refractivity contribution in [3.05, 3.63) is 59.2 Å². The Morgan fingerprint density at radius 2 is 1.89 bits per heavy atom. The first kappa shape index (κ1) is 18.8. The fraction of sp³-hybridized carbons (Fsp3) is 0.333. The summed E-state index contributed by atoms with van der Waals surface area (Å²) in [7, 11) is 0. The van der Waals surface area contributed by atoms with Gasteiger partial charge in [0.2, 0.25) is 18.6 Å². The van der Waals surface area contributed by atoms with Gasteiger partial charge in [0, 0.05) is 26.6 Å². The second kappa shape index (κ2) is 8.58. The Balaban J connectivity index is 1.49. The molecule has 0 atom stereocenters. The topological polar surface area (TPSA) is 67.9 Å². The molecule has 0 saturated carbocycles. The van der Waals surface area contributed by atoms with E-state index in [0.717, 1.165) is 22.4 Å².